The topological polar surface area (TPSA) is 95.5 Å². The first-order valence-electron chi connectivity index (χ1n) is 5.36. The van der Waals surface area contributed by atoms with Crippen LogP contribution in [0.3, 0.4) is 0 Å². The Labute approximate surface area is 106 Å². The Morgan fingerprint density at radius 1 is 1.33 bits per heavy atom. The maximum Gasteiger partial charge on any atom is 0.240 e. The van der Waals surface area contributed by atoms with Gasteiger partial charge >= 0.3 is 0 Å². The molecule has 0 saturated carbocycles. The van der Waals surface area contributed by atoms with Crippen LogP contribution in [0.1, 0.15) is 13.8 Å². The van der Waals surface area contributed by atoms with Crippen molar-refractivity contribution in [1.82, 2.24) is 4.72 Å². The molecule has 0 aromatic heterocycles. The highest BCUT2D eigenvalue weighted by Gasteiger charge is 2.16. The monoisotopic (exact) mass is 272 g/mol. The van der Waals surface area contributed by atoms with E-state index in [-0.39, 0.29) is 17.4 Å². The minimum absolute atomic E-state index is 0.0805. The lowest BCUT2D eigenvalue weighted by Crippen LogP contribution is -2.34. The van der Waals surface area contributed by atoms with Gasteiger partial charge in [-0.05, 0) is 31.2 Å². The number of carbonyl (C=O) groups excluding carboxylic acids is 1. The number of hydrogen-bond donors (Lipinski definition) is 3. The molecule has 3 N–H and O–H groups in total. The first-order valence-corrected chi connectivity index (χ1v) is 6.84. The molecule has 1 rings (SSSR count). The minimum atomic E-state index is -3.64. The molecule has 18 heavy (non-hydrogen) atoms. The van der Waals surface area contributed by atoms with E-state index < -0.39 is 16.1 Å². The Hall–Kier alpha value is -1.44. The summed E-state index contributed by atoms with van der Waals surface area (Å²) in [5, 5.41) is 11.4. The van der Waals surface area contributed by atoms with E-state index in [0.29, 0.717) is 5.69 Å². The Morgan fingerprint density at radius 2 is 1.89 bits per heavy atom. The molecule has 1 aromatic carbocycles. The lowest BCUT2D eigenvalue weighted by Gasteiger charge is -2.11. The van der Waals surface area contributed by atoms with Gasteiger partial charge in [0.1, 0.15) is 0 Å². The molecule has 0 bridgehead atoms. The normalized spacial score (nSPS) is 13.1. The molecular formula is C11H16N2O4S. The van der Waals surface area contributed by atoms with E-state index in [0.717, 1.165) is 0 Å². The number of benzene rings is 1. The first kappa shape index (κ1) is 14.6. The van der Waals surface area contributed by atoms with Gasteiger partial charge < -0.3 is 10.4 Å². The Balaban J connectivity index is 2.87. The standard InChI is InChI=1S/C11H16N2O4S/c1-8(7-14)13-18(16,17)11-5-3-10(4-6-11)12-9(2)15/h3-6,8,13-14H,7H2,1-2H3,(H,12,15). The van der Waals surface area contributed by atoms with Gasteiger partial charge in [0.15, 0.2) is 0 Å². The SMILES string of the molecule is CC(=O)Nc1ccc(S(=O)(=O)NC(C)CO)cc1. The second-order valence-electron chi connectivity index (χ2n) is 3.91. The maximum absolute atomic E-state index is 11.8. The molecule has 0 aliphatic carbocycles. The first-order chi connectivity index (χ1) is 8.35. The number of carbonyl (C=O) groups is 1. The Morgan fingerprint density at radius 3 is 2.33 bits per heavy atom. The highest BCUT2D eigenvalue weighted by Crippen LogP contribution is 2.14. The van der Waals surface area contributed by atoms with Gasteiger partial charge in [-0.3, -0.25) is 4.79 Å². The van der Waals surface area contributed by atoms with Crippen molar-refractivity contribution in [3.8, 4) is 0 Å². The van der Waals surface area contributed by atoms with Crippen LogP contribution in [-0.4, -0.2) is 32.1 Å². The van der Waals surface area contributed by atoms with Gasteiger partial charge in [0, 0.05) is 18.7 Å². The zero-order valence-corrected chi connectivity index (χ0v) is 11.0. The van der Waals surface area contributed by atoms with Crippen molar-refractivity contribution in [2.45, 2.75) is 24.8 Å². The van der Waals surface area contributed by atoms with Crippen LogP contribution in [0.25, 0.3) is 0 Å². The van der Waals surface area contributed by atoms with Gasteiger partial charge in [0.05, 0.1) is 11.5 Å². The zero-order valence-electron chi connectivity index (χ0n) is 10.2. The molecule has 0 heterocycles. The van der Waals surface area contributed by atoms with Gasteiger partial charge in [-0.2, -0.15) is 0 Å². The van der Waals surface area contributed by atoms with Crippen LogP contribution in [0.15, 0.2) is 29.2 Å². The maximum atomic E-state index is 11.8. The van der Waals surface area contributed by atoms with Crippen LogP contribution in [0.4, 0.5) is 5.69 Å². The molecule has 1 aromatic rings. The molecule has 0 aliphatic heterocycles. The number of nitrogens with one attached hydrogen (secondary N) is 2. The number of amides is 1. The van der Waals surface area contributed by atoms with Gasteiger partial charge in [-0.15, -0.1) is 0 Å². The molecule has 0 saturated heterocycles. The Kier molecular flexibility index (Phi) is 4.83. The molecule has 6 nitrogen and oxygen atoms in total. The number of anilines is 1. The quantitative estimate of drug-likeness (QED) is 0.718. The summed E-state index contributed by atoms with van der Waals surface area (Å²) in [7, 11) is -3.64. The number of aliphatic hydroxyl groups excluding tert-OH is 1. The summed E-state index contributed by atoms with van der Waals surface area (Å²) in [6, 6.07) is 5.22. The van der Waals surface area contributed by atoms with Gasteiger partial charge in [-0.25, -0.2) is 13.1 Å². The number of sulfonamides is 1. The summed E-state index contributed by atoms with van der Waals surface area (Å²) < 4.78 is 26.0. The average Bonchev–Trinajstić information content (AvgIpc) is 2.28. The van der Waals surface area contributed by atoms with Crippen LogP contribution < -0.4 is 10.0 Å². The van der Waals surface area contributed by atoms with E-state index in [9.17, 15) is 13.2 Å². The van der Waals surface area contributed by atoms with Crippen molar-refractivity contribution in [3.05, 3.63) is 24.3 Å². The van der Waals surface area contributed by atoms with Crippen molar-refractivity contribution in [3.63, 3.8) is 0 Å². The number of hydrogen-bond acceptors (Lipinski definition) is 4. The predicted molar refractivity (Wildman–Crippen MR) is 67.6 cm³/mol. The molecule has 0 fully saturated rings. The van der Waals surface area contributed by atoms with Crippen molar-refractivity contribution in [2.24, 2.45) is 0 Å². The zero-order chi connectivity index (χ0) is 13.8. The van der Waals surface area contributed by atoms with Crippen LogP contribution in [0, 0.1) is 0 Å². The van der Waals surface area contributed by atoms with Crippen LogP contribution in [0.2, 0.25) is 0 Å². The third kappa shape index (κ3) is 4.10. The number of rotatable bonds is 5. The predicted octanol–water partition coefficient (Wildman–Crippen LogP) is 0.304. The lowest BCUT2D eigenvalue weighted by atomic mass is 10.3. The van der Waals surface area contributed by atoms with Gasteiger partial charge in [0.25, 0.3) is 0 Å². The third-order valence-corrected chi connectivity index (χ3v) is 3.72. The fourth-order valence-electron chi connectivity index (χ4n) is 1.29. The lowest BCUT2D eigenvalue weighted by molar-refractivity contribution is -0.114. The van der Waals surface area contributed by atoms with Crippen LogP contribution in [-0.2, 0) is 14.8 Å². The average molecular weight is 272 g/mol. The molecule has 0 spiro atoms. The summed E-state index contributed by atoms with van der Waals surface area (Å²) in [5.41, 5.74) is 0.525. The summed E-state index contributed by atoms with van der Waals surface area (Å²) >= 11 is 0. The third-order valence-electron chi connectivity index (χ3n) is 2.12. The van der Waals surface area contributed by atoms with Crippen LogP contribution >= 0.6 is 0 Å². The van der Waals surface area contributed by atoms with Gasteiger partial charge in [-0.1, -0.05) is 0 Å². The highest BCUT2D eigenvalue weighted by molar-refractivity contribution is 7.89. The van der Waals surface area contributed by atoms with E-state index in [1.807, 2.05) is 0 Å². The van der Waals surface area contributed by atoms with Crippen LogP contribution in [0.5, 0.6) is 0 Å². The summed E-state index contributed by atoms with van der Waals surface area (Å²) in [6.07, 6.45) is 0. The largest absolute Gasteiger partial charge is 0.395 e. The second kappa shape index (κ2) is 5.94. The van der Waals surface area contributed by atoms with Crippen molar-refractivity contribution in [2.75, 3.05) is 11.9 Å². The van der Waals surface area contributed by atoms with E-state index in [2.05, 4.69) is 10.0 Å². The minimum Gasteiger partial charge on any atom is -0.395 e. The smallest absolute Gasteiger partial charge is 0.240 e. The second-order valence-corrected chi connectivity index (χ2v) is 5.62. The molecular weight excluding hydrogens is 256 g/mol. The van der Waals surface area contributed by atoms with E-state index in [1.54, 1.807) is 6.92 Å². The highest BCUT2D eigenvalue weighted by atomic mass is 32.2. The van der Waals surface area contributed by atoms with Crippen molar-refractivity contribution in [1.29, 1.82) is 0 Å². The van der Waals surface area contributed by atoms with E-state index in [1.165, 1.54) is 31.2 Å². The molecule has 7 heteroatoms. The summed E-state index contributed by atoms with van der Waals surface area (Å²) in [4.78, 5) is 10.9. The summed E-state index contributed by atoms with van der Waals surface area (Å²) in [6.45, 7) is 2.65. The summed E-state index contributed by atoms with van der Waals surface area (Å²) in [5.74, 6) is -0.224. The van der Waals surface area contributed by atoms with Crippen molar-refractivity contribution < 1.29 is 18.3 Å². The van der Waals surface area contributed by atoms with E-state index in [4.69, 9.17) is 5.11 Å². The molecule has 0 aliphatic rings. The fourth-order valence-corrected chi connectivity index (χ4v) is 2.53. The van der Waals surface area contributed by atoms with Gasteiger partial charge in [0.2, 0.25) is 15.9 Å². The van der Waals surface area contributed by atoms with Crippen molar-refractivity contribution >= 4 is 21.6 Å². The molecule has 1 atom stereocenters. The molecule has 1 unspecified atom stereocenters. The van der Waals surface area contributed by atoms with E-state index >= 15 is 0 Å². The molecule has 100 valence electrons. The number of aliphatic hydroxyl groups is 1. The molecule has 1 amide bonds. The molecule has 0 radical (unpaired) electrons. The fraction of sp³-hybridized carbons (Fsp3) is 0.364. The Bertz CT molecular complexity index is 510.